The molecule has 0 radical (unpaired) electrons. The topological polar surface area (TPSA) is 120 Å². The lowest BCUT2D eigenvalue weighted by Crippen LogP contribution is -2.59. The van der Waals surface area contributed by atoms with E-state index in [9.17, 15) is 10.1 Å². The molecule has 1 aromatic carbocycles. The molecule has 10 nitrogen and oxygen atoms in total. The smallest absolute Gasteiger partial charge is 0.319 e. The molecule has 0 atom stereocenters. The summed E-state index contributed by atoms with van der Waals surface area (Å²) < 4.78 is 11.8. The summed E-state index contributed by atoms with van der Waals surface area (Å²) >= 11 is 0. The Labute approximate surface area is 214 Å². The van der Waals surface area contributed by atoms with Crippen molar-refractivity contribution in [2.75, 3.05) is 44.3 Å². The maximum Gasteiger partial charge on any atom is 0.319 e. The molecule has 37 heavy (non-hydrogen) atoms. The molecule has 0 bridgehead atoms. The molecule has 190 valence electrons. The highest BCUT2D eigenvalue weighted by molar-refractivity contribution is 5.97. The maximum atomic E-state index is 12.0. The molecule has 0 aliphatic carbocycles. The molecule has 0 unspecified atom stereocenters. The molecular weight excluding hydrogens is 470 g/mol. The summed E-state index contributed by atoms with van der Waals surface area (Å²) in [5.41, 5.74) is 3.69. The van der Waals surface area contributed by atoms with Gasteiger partial charge in [-0.3, -0.25) is 9.89 Å². The number of aromatic nitrogens is 4. The van der Waals surface area contributed by atoms with Gasteiger partial charge in [-0.05, 0) is 31.1 Å². The van der Waals surface area contributed by atoms with Crippen molar-refractivity contribution in [2.45, 2.75) is 32.3 Å². The first-order valence-corrected chi connectivity index (χ1v) is 12.7. The number of nitrogens with zero attached hydrogens (tertiary/aromatic N) is 6. The number of hydrogen-bond acceptors (Lipinski definition) is 8. The van der Waals surface area contributed by atoms with E-state index >= 15 is 0 Å². The van der Waals surface area contributed by atoms with Crippen LogP contribution in [0.5, 0.6) is 6.01 Å². The SMILES string of the molecule is C=CC(=O)N1CC2(CCN(c3nc(OC4CCOCC4)nc(-c4c(C)ccc5[nH]ncc45)c3C#N)C2)C1. The average Bonchev–Trinajstić information content (AvgIpc) is 3.55. The molecule has 1 spiro atoms. The van der Waals surface area contributed by atoms with Crippen molar-refractivity contribution in [1.29, 1.82) is 5.26 Å². The van der Waals surface area contributed by atoms with Crippen LogP contribution in [0.2, 0.25) is 0 Å². The van der Waals surface area contributed by atoms with E-state index in [1.807, 2.05) is 24.0 Å². The highest BCUT2D eigenvalue weighted by atomic mass is 16.5. The van der Waals surface area contributed by atoms with E-state index < -0.39 is 0 Å². The number of anilines is 1. The average molecular weight is 500 g/mol. The van der Waals surface area contributed by atoms with Crippen molar-refractivity contribution in [3.63, 3.8) is 0 Å². The minimum atomic E-state index is -0.0399. The Balaban J connectivity index is 1.42. The standard InChI is InChI=1S/C27H29N7O3/c1-3-22(35)34-15-27(16-34)8-9-33(14-27)25-19(12-28)24(23-17(2)4-5-21-20(23)13-29-32-21)30-26(31-25)37-18-6-10-36-11-7-18/h3-5,13,18H,1,6-11,14-16H2,2H3,(H,29,32). The van der Waals surface area contributed by atoms with Crippen molar-refractivity contribution in [2.24, 2.45) is 5.41 Å². The molecular formula is C27H29N7O3. The number of carbonyl (C=O) groups excluding carboxylic acids is 1. The third-order valence-corrected chi connectivity index (χ3v) is 7.77. The van der Waals surface area contributed by atoms with Crippen LogP contribution in [0.4, 0.5) is 5.82 Å². The van der Waals surface area contributed by atoms with Gasteiger partial charge in [0.25, 0.3) is 0 Å². The van der Waals surface area contributed by atoms with Crippen LogP contribution in [0.15, 0.2) is 31.0 Å². The molecule has 3 fully saturated rings. The van der Waals surface area contributed by atoms with E-state index in [0.717, 1.165) is 47.8 Å². The Morgan fingerprint density at radius 1 is 1.30 bits per heavy atom. The first kappa shape index (κ1) is 23.4. The number of amides is 1. The normalized spacial score (nSPS) is 19.1. The summed E-state index contributed by atoms with van der Waals surface area (Å²) in [6, 6.07) is 6.66. The highest BCUT2D eigenvalue weighted by Crippen LogP contribution is 2.43. The van der Waals surface area contributed by atoms with Crippen molar-refractivity contribution >= 4 is 22.6 Å². The monoisotopic (exact) mass is 499 g/mol. The molecule has 3 aliphatic rings. The van der Waals surface area contributed by atoms with Crippen molar-refractivity contribution in [3.05, 3.63) is 42.1 Å². The molecule has 6 rings (SSSR count). The molecule has 1 amide bonds. The van der Waals surface area contributed by atoms with Crippen LogP contribution >= 0.6 is 0 Å². The lowest BCUT2D eigenvalue weighted by atomic mass is 9.79. The third kappa shape index (κ3) is 4.09. The van der Waals surface area contributed by atoms with Gasteiger partial charge in [0.05, 0.1) is 30.6 Å². The van der Waals surface area contributed by atoms with E-state index in [1.54, 1.807) is 6.20 Å². The fourth-order valence-electron chi connectivity index (χ4n) is 5.80. The van der Waals surface area contributed by atoms with Crippen LogP contribution in [0.3, 0.4) is 0 Å². The van der Waals surface area contributed by atoms with E-state index in [1.165, 1.54) is 6.08 Å². The fourth-order valence-corrected chi connectivity index (χ4v) is 5.80. The summed E-state index contributed by atoms with van der Waals surface area (Å²) in [5, 5.41) is 18.5. The van der Waals surface area contributed by atoms with Gasteiger partial charge in [0, 0.05) is 55.4 Å². The van der Waals surface area contributed by atoms with Gasteiger partial charge >= 0.3 is 6.01 Å². The number of aromatic amines is 1. The Morgan fingerprint density at radius 2 is 2.11 bits per heavy atom. The van der Waals surface area contributed by atoms with Gasteiger partial charge < -0.3 is 19.3 Å². The predicted molar refractivity (Wildman–Crippen MR) is 137 cm³/mol. The second-order valence-electron chi connectivity index (χ2n) is 10.3. The van der Waals surface area contributed by atoms with Crippen molar-refractivity contribution in [3.8, 4) is 23.3 Å². The Morgan fingerprint density at radius 3 is 2.86 bits per heavy atom. The summed E-state index contributed by atoms with van der Waals surface area (Å²) in [7, 11) is 0. The fraction of sp³-hybridized carbons (Fsp3) is 0.444. The maximum absolute atomic E-state index is 12.0. The number of benzene rings is 1. The van der Waals surface area contributed by atoms with Crippen LogP contribution in [-0.4, -0.2) is 76.5 Å². The summed E-state index contributed by atoms with van der Waals surface area (Å²) in [6.45, 7) is 9.72. The van der Waals surface area contributed by atoms with E-state index in [0.29, 0.717) is 49.9 Å². The van der Waals surface area contributed by atoms with Crippen LogP contribution in [-0.2, 0) is 9.53 Å². The van der Waals surface area contributed by atoms with Gasteiger partial charge in [-0.2, -0.15) is 20.3 Å². The third-order valence-electron chi connectivity index (χ3n) is 7.77. The first-order valence-electron chi connectivity index (χ1n) is 12.7. The number of nitriles is 1. The second-order valence-corrected chi connectivity index (χ2v) is 10.3. The van der Waals surface area contributed by atoms with Gasteiger partial charge in [0.1, 0.15) is 17.7 Å². The van der Waals surface area contributed by atoms with Gasteiger partial charge in [0.15, 0.2) is 5.82 Å². The van der Waals surface area contributed by atoms with E-state index in [4.69, 9.17) is 19.4 Å². The Bertz CT molecular complexity index is 1410. The zero-order valence-electron chi connectivity index (χ0n) is 20.9. The molecule has 3 aromatic rings. The summed E-state index contributed by atoms with van der Waals surface area (Å²) in [6.07, 6.45) is 5.55. The van der Waals surface area contributed by atoms with Crippen LogP contribution < -0.4 is 9.64 Å². The first-order chi connectivity index (χ1) is 18.0. The number of hydrogen-bond donors (Lipinski definition) is 1. The molecule has 3 saturated heterocycles. The van der Waals surface area contributed by atoms with Crippen LogP contribution in [0.1, 0.15) is 30.4 Å². The number of rotatable bonds is 5. The number of carbonyl (C=O) groups is 1. The Kier molecular flexibility index (Phi) is 5.80. The lowest BCUT2D eigenvalue weighted by Gasteiger charge is -2.47. The van der Waals surface area contributed by atoms with Gasteiger partial charge in [-0.1, -0.05) is 12.6 Å². The molecule has 5 heterocycles. The molecule has 3 aliphatic heterocycles. The number of H-pyrrole nitrogens is 1. The number of likely N-dealkylation sites (tertiary alicyclic amines) is 1. The second kappa shape index (κ2) is 9.16. The van der Waals surface area contributed by atoms with Crippen LogP contribution in [0, 0.1) is 23.7 Å². The molecule has 0 saturated carbocycles. The zero-order chi connectivity index (χ0) is 25.6. The molecule has 2 aromatic heterocycles. The largest absolute Gasteiger partial charge is 0.460 e. The predicted octanol–water partition coefficient (Wildman–Crippen LogP) is 2.98. The minimum absolute atomic E-state index is 0.00126. The number of aryl methyl sites for hydroxylation is 1. The minimum Gasteiger partial charge on any atom is -0.460 e. The number of ether oxygens (including phenoxy) is 2. The molecule has 1 N–H and O–H groups in total. The zero-order valence-corrected chi connectivity index (χ0v) is 20.9. The summed E-state index contributed by atoms with van der Waals surface area (Å²) in [5.74, 6) is 0.543. The van der Waals surface area contributed by atoms with E-state index in [-0.39, 0.29) is 23.4 Å². The lowest BCUT2D eigenvalue weighted by molar-refractivity contribution is -0.136. The van der Waals surface area contributed by atoms with Gasteiger partial charge in [0.2, 0.25) is 5.91 Å². The van der Waals surface area contributed by atoms with Gasteiger partial charge in [-0.25, -0.2) is 0 Å². The highest BCUT2D eigenvalue weighted by Gasteiger charge is 2.49. The van der Waals surface area contributed by atoms with Crippen molar-refractivity contribution in [1.82, 2.24) is 25.1 Å². The number of nitrogens with one attached hydrogen (secondary N) is 1. The van der Waals surface area contributed by atoms with Gasteiger partial charge in [-0.15, -0.1) is 0 Å². The van der Waals surface area contributed by atoms with E-state index in [2.05, 4.69) is 27.7 Å². The Hall–Kier alpha value is -3.97. The van der Waals surface area contributed by atoms with Crippen molar-refractivity contribution < 1.29 is 14.3 Å². The molecule has 10 heteroatoms. The van der Waals surface area contributed by atoms with Crippen LogP contribution in [0.25, 0.3) is 22.2 Å². The number of fused-ring (bicyclic) bond motifs is 1. The summed E-state index contributed by atoms with van der Waals surface area (Å²) in [4.78, 5) is 25.6. The quantitative estimate of drug-likeness (QED) is 0.532.